The fourth-order valence-electron chi connectivity index (χ4n) is 2.14. The van der Waals surface area contributed by atoms with Crippen LogP contribution in [0.15, 0.2) is 16.9 Å². The molecule has 0 aliphatic heterocycles. The summed E-state index contributed by atoms with van der Waals surface area (Å²) < 4.78 is 12.2. The van der Waals surface area contributed by atoms with Gasteiger partial charge in [-0.3, -0.25) is 14.2 Å². The fourth-order valence-corrected chi connectivity index (χ4v) is 2.14. The molecule has 0 aliphatic rings. The Morgan fingerprint density at radius 3 is 2.53 bits per heavy atom. The Morgan fingerprint density at radius 1 is 1.16 bits per heavy atom. The first kappa shape index (κ1) is 11.5. The molecule has 0 saturated heterocycles. The number of methoxy groups -OCH3 is 2. The second kappa shape index (κ2) is 3.98. The summed E-state index contributed by atoms with van der Waals surface area (Å²) in [6.45, 7) is 1.81. The van der Waals surface area contributed by atoms with Crippen molar-refractivity contribution in [2.75, 3.05) is 14.2 Å². The highest BCUT2D eigenvalue weighted by Gasteiger charge is 2.13. The van der Waals surface area contributed by atoms with Gasteiger partial charge in [-0.15, -0.1) is 10.2 Å². The van der Waals surface area contributed by atoms with Crippen molar-refractivity contribution >= 4 is 16.7 Å². The molecule has 7 heteroatoms. The lowest BCUT2D eigenvalue weighted by Gasteiger charge is -2.09. The van der Waals surface area contributed by atoms with E-state index in [1.54, 1.807) is 23.6 Å². The topological polar surface area (TPSA) is 81.5 Å². The van der Waals surface area contributed by atoms with Crippen molar-refractivity contribution in [3.05, 3.63) is 28.3 Å². The summed E-state index contributed by atoms with van der Waals surface area (Å²) in [6, 6.07) is 3.39. The lowest BCUT2D eigenvalue weighted by atomic mass is 10.2. The summed E-state index contributed by atoms with van der Waals surface area (Å²) in [5.74, 6) is 2.14. The molecule has 3 rings (SSSR count). The SMILES string of the molecule is COc1cc2c(=O)[nH]c3nnc(C)n3c2cc1OC. The van der Waals surface area contributed by atoms with Gasteiger partial charge in [0.15, 0.2) is 11.5 Å². The van der Waals surface area contributed by atoms with Crippen LogP contribution in [0.1, 0.15) is 5.82 Å². The zero-order valence-electron chi connectivity index (χ0n) is 10.7. The third-order valence-electron chi connectivity index (χ3n) is 3.04. The minimum Gasteiger partial charge on any atom is -0.493 e. The number of benzene rings is 1. The van der Waals surface area contributed by atoms with Gasteiger partial charge in [-0.2, -0.15) is 0 Å². The van der Waals surface area contributed by atoms with E-state index in [0.29, 0.717) is 34.0 Å². The summed E-state index contributed by atoms with van der Waals surface area (Å²) in [6.07, 6.45) is 0. The van der Waals surface area contributed by atoms with Gasteiger partial charge in [0.1, 0.15) is 5.82 Å². The van der Waals surface area contributed by atoms with Crippen LogP contribution in [0.4, 0.5) is 0 Å². The number of rotatable bonds is 2. The highest BCUT2D eigenvalue weighted by Crippen LogP contribution is 2.30. The Kier molecular flexibility index (Phi) is 2.41. The molecule has 3 aromatic rings. The molecule has 19 heavy (non-hydrogen) atoms. The number of nitrogens with one attached hydrogen (secondary N) is 1. The van der Waals surface area contributed by atoms with E-state index in [-0.39, 0.29) is 5.56 Å². The van der Waals surface area contributed by atoms with Crippen molar-refractivity contribution in [3.8, 4) is 11.5 Å². The number of aromatic amines is 1. The highest BCUT2D eigenvalue weighted by atomic mass is 16.5. The van der Waals surface area contributed by atoms with Crippen molar-refractivity contribution in [1.29, 1.82) is 0 Å². The Hall–Kier alpha value is -2.57. The van der Waals surface area contributed by atoms with Gasteiger partial charge in [-0.25, -0.2) is 0 Å². The highest BCUT2D eigenvalue weighted by molar-refractivity contribution is 5.84. The van der Waals surface area contributed by atoms with Crippen molar-refractivity contribution in [2.45, 2.75) is 6.92 Å². The molecule has 0 spiro atoms. The van der Waals surface area contributed by atoms with Crippen LogP contribution in [-0.2, 0) is 0 Å². The number of H-pyrrole nitrogens is 1. The quantitative estimate of drug-likeness (QED) is 0.740. The van der Waals surface area contributed by atoms with Crippen LogP contribution in [0.3, 0.4) is 0 Å². The Bertz CT molecular complexity index is 834. The van der Waals surface area contributed by atoms with Crippen LogP contribution >= 0.6 is 0 Å². The lowest BCUT2D eigenvalue weighted by Crippen LogP contribution is -2.11. The van der Waals surface area contributed by atoms with Crippen LogP contribution in [0.25, 0.3) is 16.7 Å². The summed E-state index contributed by atoms with van der Waals surface area (Å²) in [7, 11) is 3.08. The molecule has 1 N–H and O–H groups in total. The summed E-state index contributed by atoms with van der Waals surface area (Å²) in [5.41, 5.74) is 0.440. The maximum Gasteiger partial charge on any atom is 0.260 e. The van der Waals surface area contributed by atoms with E-state index >= 15 is 0 Å². The lowest BCUT2D eigenvalue weighted by molar-refractivity contribution is 0.355. The maximum atomic E-state index is 12.0. The van der Waals surface area contributed by atoms with Crippen LogP contribution in [0.2, 0.25) is 0 Å². The molecule has 0 aliphatic carbocycles. The monoisotopic (exact) mass is 260 g/mol. The molecule has 2 aromatic heterocycles. The van der Waals surface area contributed by atoms with Crippen LogP contribution in [-0.4, -0.2) is 33.8 Å². The van der Waals surface area contributed by atoms with Gasteiger partial charge in [0.05, 0.1) is 25.1 Å². The molecular weight excluding hydrogens is 248 g/mol. The van der Waals surface area contributed by atoms with E-state index in [2.05, 4.69) is 15.2 Å². The standard InChI is InChI=1S/C12H12N4O3/c1-6-14-15-12-13-11(17)7-4-9(18-2)10(19-3)5-8(7)16(6)12/h4-5H,1-3H3,(H,13,15,17). The van der Waals surface area contributed by atoms with Crippen molar-refractivity contribution in [2.24, 2.45) is 0 Å². The first-order valence-corrected chi connectivity index (χ1v) is 5.65. The van der Waals surface area contributed by atoms with Gasteiger partial charge in [0.2, 0.25) is 5.78 Å². The number of aromatic nitrogens is 4. The average Bonchev–Trinajstić information content (AvgIpc) is 2.78. The normalized spacial score (nSPS) is 11.1. The summed E-state index contributed by atoms with van der Waals surface area (Å²) >= 11 is 0. The van der Waals surface area contributed by atoms with Crippen molar-refractivity contribution < 1.29 is 9.47 Å². The first-order valence-electron chi connectivity index (χ1n) is 5.65. The third kappa shape index (κ3) is 1.55. The van der Waals surface area contributed by atoms with E-state index in [1.165, 1.54) is 7.11 Å². The zero-order valence-corrected chi connectivity index (χ0v) is 10.7. The summed E-state index contributed by atoms with van der Waals surface area (Å²) in [4.78, 5) is 14.7. The van der Waals surface area contributed by atoms with Crippen LogP contribution in [0, 0.1) is 6.92 Å². The third-order valence-corrected chi connectivity index (χ3v) is 3.04. The van der Waals surface area contributed by atoms with Crippen LogP contribution < -0.4 is 15.0 Å². The van der Waals surface area contributed by atoms with Gasteiger partial charge in [0, 0.05) is 6.07 Å². The number of ether oxygens (including phenoxy) is 2. The van der Waals surface area contributed by atoms with Crippen molar-refractivity contribution in [1.82, 2.24) is 19.6 Å². The second-order valence-electron chi connectivity index (χ2n) is 4.08. The van der Waals surface area contributed by atoms with Gasteiger partial charge in [-0.05, 0) is 13.0 Å². The van der Waals surface area contributed by atoms with Crippen molar-refractivity contribution in [3.63, 3.8) is 0 Å². The molecule has 0 atom stereocenters. The molecule has 7 nitrogen and oxygen atoms in total. The minimum absolute atomic E-state index is 0.240. The minimum atomic E-state index is -0.240. The van der Waals surface area contributed by atoms with E-state index in [0.717, 1.165) is 0 Å². The smallest absolute Gasteiger partial charge is 0.260 e. The molecule has 1 aromatic carbocycles. The average molecular weight is 260 g/mol. The molecule has 0 bridgehead atoms. The molecule has 98 valence electrons. The second-order valence-corrected chi connectivity index (χ2v) is 4.08. The molecule has 0 fully saturated rings. The molecule has 2 heterocycles. The predicted molar refractivity (Wildman–Crippen MR) is 69.0 cm³/mol. The number of aryl methyl sites for hydroxylation is 1. The molecule has 0 radical (unpaired) electrons. The fraction of sp³-hybridized carbons (Fsp3) is 0.250. The van der Waals surface area contributed by atoms with Gasteiger partial charge < -0.3 is 9.47 Å². The van der Waals surface area contributed by atoms with Gasteiger partial charge in [-0.1, -0.05) is 0 Å². The molecular formula is C12H12N4O3. The van der Waals surface area contributed by atoms with E-state index < -0.39 is 0 Å². The Balaban J connectivity index is 2.55. The van der Waals surface area contributed by atoms with Gasteiger partial charge >= 0.3 is 0 Å². The van der Waals surface area contributed by atoms with Crippen LogP contribution in [0.5, 0.6) is 11.5 Å². The maximum absolute atomic E-state index is 12.0. The zero-order chi connectivity index (χ0) is 13.6. The molecule has 0 amide bonds. The molecule has 0 unspecified atom stereocenters. The Labute approximate surface area is 107 Å². The van der Waals surface area contributed by atoms with E-state index in [9.17, 15) is 4.79 Å². The van der Waals surface area contributed by atoms with E-state index in [1.807, 2.05) is 6.92 Å². The molecule has 0 saturated carbocycles. The first-order chi connectivity index (χ1) is 9.15. The summed E-state index contributed by atoms with van der Waals surface area (Å²) in [5, 5.41) is 8.36. The number of hydrogen-bond donors (Lipinski definition) is 1. The van der Waals surface area contributed by atoms with Gasteiger partial charge in [0.25, 0.3) is 5.56 Å². The predicted octanol–water partition coefficient (Wildman–Crippen LogP) is 0.896. The number of hydrogen-bond acceptors (Lipinski definition) is 5. The van der Waals surface area contributed by atoms with E-state index in [4.69, 9.17) is 9.47 Å². The number of fused-ring (bicyclic) bond motifs is 3. The number of nitrogens with zero attached hydrogens (tertiary/aromatic N) is 3. The largest absolute Gasteiger partial charge is 0.493 e. The Morgan fingerprint density at radius 2 is 1.84 bits per heavy atom.